The smallest absolute Gasteiger partial charge is 0.0654 e. The number of hydrogen-bond acceptors (Lipinski definition) is 1. The number of aryl methyl sites for hydroxylation is 1. The second-order valence-electron chi connectivity index (χ2n) is 7.78. The third-order valence-corrected chi connectivity index (χ3v) is 5.67. The molecule has 0 aliphatic carbocycles. The lowest BCUT2D eigenvalue weighted by molar-refractivity contribution is -0.0598. The summed E-state index contributed by atoms with van der Waals surface area (Å²) < 4.78 is 6.09. The molecule has 0 fully saturated rings. The number of unbranched alkanes of at least 4 members (excludes halogenated alkanes) is 5. The lowest BCUT2D eigenvalue weighted by Gasteiger charge is -2.34. The van der Waals surface area contributed by atoms with Crippen LogP contribution in [0.15, 0.2) is 24.3 Å². The Balaban J connectivity index is 2.52. The number of benzene rings is 1. The van der Waals surface area contributed by atoms with Crippen LogP contribution < -0.4 is 0 Å². The van der Waals surface area contributed by atoms with Gasteiger partial charge in [-0.05, 0) is 57.1 Å². The predicted octanol–water partition coefficient (Wildman–Crippen LogP) is 7.54. The summed E-state index contributed by atoms with van der Waals surface area (Å²) in [5.74, 6) is 1.21. The summed E-state index contributed by atoms with van der Waals surface area (Å²) >= 11 is 5.89. The molecule has 144 valence electrons. The lowest BCUT2D eigenvalue weighted by atomic mass is 9.81. The summed E-state index contributed by atoms with van der Waals surface area (Å²) in [6, 6.07) is 8.76. The van der Waals surface area contributed by atoms with Crippen molar-refractivity contribution in [2.45, 2.75) is 97.0 Å². The monoisotopic (exact) mass is 366 g/mol. The van der Waals surface area contributed by atoms with Gasteiger partial charge in [0.1, 0.15) is 0 Å². The molecule has 1 nitrogen and oxygen atoms in total. The molecule has 0 amide bonds. The average Bonchev–Trinajstić information content (AvgIpc) is 2.60. The number of ether oxygens (including phenoxy) is 1. The Morgan fingerprint density at radius 3 is 2.08 bits per heavy atom. The van der Waals surface area contributed by atoms with Crippen molar-refractivity contribution in [3.8, 4) is 0 Å². The minimum atomic E-state index is -0.0335. The molecule has 1 rings (SSSR count). The van der Waals surface area contributed by atoms with Gasteiger partial charge in [0.25, 0.3) is 0 Å². The van der Waals surface area contributed by atoms with Crippen LogP contribution in [0.4, 0.5) is 0 Å². The highest BCUT2D eigenvalue weighted by Crippen LogP contribution is 2.31. The lowest BCUT2D eigenvalue weighted by Crippen LogP contribution is -2.35. The van der Waals surface area contributed by atoms with Crippen LogP contribution in [0.5, 0.6) is 0 Å². The van der Waals surface area contributed by atoms with E-state index in [1.165, 1.54) is 62.5 Å². The zero-order chi connectivity index (χ0) is 18.5. The van der Waals surface area contributed by atoms with E-state index in [1.54, 1.807) is 0 Å². The molecule has 0 radical (unpaired) electrons. The average molecular weight is 367 g/mol. The van der Waals surface area contributed by atoms with E-state index in [1.807, 2.05) is 0 Å². The minimum absolute atomic E-state index is 0.0335. The second-order valence-corrected chi connectivity index (χ2v) is 8.05. The highest BCUT2D eigenvalue weighted by molar-refractivity contribution is 6.17. The number of rotatable bonds is 14. The van der Waals surface area contributed by atoms with E-state index in [0.29, 0.717) is 11.8 Å². The summed E-state index contributed by atoms with van der Waals surface area (Å²) in [4.78, 5) is 0. The molecule has 0 heterocycles. The van der Waals surface area contributed by atoms with Crippen LogP contribution in [0.3, 0.4) is 0 Å². The van der Waals surface area contributed by atoms with E-state index >= 15 is 0 Å². The van der Waals surface area contributed by atoms with Gasteiger partial charge in [-0.25, -0.2) is 0 Å². The van der Waals surface area contributed by atoms with E-state index in [4.69, 9.17) is 16.3 Å². The van der Waals surface area contributed by atoms with Gasteiger partial charge in [0.05, 0.1) is 5.60 Å². The molecule has 0 saturated carbocycles. The van der Waals surface area contributed by atoms with E-state index in [2.05, 4.69) is 52.0 Å². The first-order valence-electron chi connectivity index (χ1n) is 10.3. The Labute approximate surface area is 161 Å². The second kappa shape index (κ2) is 12.8. The van der Waals surface area contributed by atoms with Crippen molar-refractivity contribution < 1.29 is 4.74 Å². The maximum absolute atomic E-state index is 6.09. The van der Waals surface area contributed by atoms with Crippen LogP contribution in [0, 0.1) is 5.92 Å². The quantitative estimate of drug-likeness (QED) is 0.244. The Bertz CT molecular complexity index is 438. The molecule has 0 aliphatic rings. The summed E-state index contributed by atoms with van der Waals surface area (Å²) in [6.07, 6.45) is 11.8. The number of hydrogen-bond donors (Lipinski definition) is 0. The van der Waals surface area contributed by atoms with Crippen molar-refractivity contribution in [2.75, 3.05) is 6.61 Å². The predicted molar refractivity (Wildman–Crippen MR) is 112 cm³/mol. The summed E-state index contributed by atoms with van der Waals surface area (Å²) in [5.41, 5.74) is 2.58. The highest BCUT2D eigenvalue weighted by atomic mass is 35.5. The summed E-state index contributed by atoms with van der Waals surface area (Å²) in [7, 11) is 0. The van der Waals surface area contributed by atoms with Crippen LogP contribution in [0.2, 0.25) is 0 Å². The zero-order valence-electron chi connectivity index (χ0n) is 17.0. The van der Waals surface area contributed by atoms with Crippen LogP contribution in [-0.2, 0) is 17.0 Å². The van der Waals surface area contributed by atoms with E-state index in [9.17, 15) is 0 Å². The molecule has 0 bridgehead atoms. The van der Waals surface area contributed by atoms with Crippen molar-refractivity contribution in [2.24, 2.45) is 5.92 Å². The standard InChI is InChI=1S/C23H39ClO/c1-5-7-8-9-10-11-12-22(23(3,4)25-6-2)18-17-20-13-15-21(19-24)16-14-20/h13-16,22H,5-12,17-19H2,1-4H3. The van der Waals surface area contributed by atoms with E-state index < -0.39 is 0 Å². The summed E-state index contributed by atoms with van der Waals surface area (Å²) in [5, 5.41) is 0. The number of halogens is 1. The van der Waals surface area contributed by atoms with Crippen LogP contribution in [0.1, 0.15) is 90.2 Å². The number of alkyl halides is 1. The highest BCUT2D eigenvalue weighted by Gasteiger charge is 2.29. The van der Waals surface area contributed by atoms with Gasteiger partial charge < -0.3 is 4.74 Å². The Morgan fingerprint density at radius 2 is 1.48 bits per heavy atom. The molecule has 0 aromatic heterocycles. The molecule has 25 heavy (non-hydrogen) atoms. The van der Waals surface area contributed by atoms with Gasteiger partial charge in [0.15, 0.2) is 0 Å². The van der Waals surface area contributed by atoms with Crippen molar-refractivity contribution in [3.63, 3.8) is 0 Å². The van der Waals surface area contributed by atoms with Crippen molar-refractivity contribution in [1.29, 1.82) is 0 Å². The maximum atomic E-state index is 6.09. The normalized spacial score (nSPS) is 13.2. The van der Waals surface area contributed by atoms with Gasteiger partial charge in [-0.2, -0.15) is 0 Å². The fourth-order valence-electron chi connectivity index (χ4n) is 3.64. The molecule has 1 unspecified atom stereocenters. The van der Waals surface area contributed by atoms with Gasteiger partial charge in [-0.1, -0.05) is 69.7 Å². The van der Waals surface area contributed by atoms with Crippen LogP contribution >= 0.6 is 11.6 Å². The van der Waals surface area contributed by atoms with Gasteiger partial charge >= 0.3 is 0 Å². The molecular weight excluding hydrogens is 328 g/mol. The molecule has 1 atom stereocenters. The van der Waals surface area contributed by atoms with Gasteiger partial charge in [-0.3, -0.25) is 0 Å². The first-order chi connectivity index (χ1) is 12.0. The SMILES string of the molecule is CCCCCCCCC(CCc1ccc(CCl)cc1)C(C)(C)OCC. The van der Waals surface area contributed by atoms with Gasteiger partial charge in [0, 0.05) is 12.5 Å². The minimum Gasteiger partial charge on any atom is -0.376 e. The van der Waals surface area contributed by atoms with Crippen LogP contribution in [-0.4, -0.2) is 12.2 Å². The van der Waals surface area contributed by atoms with Crippen molar-refractivity contribution >= 4 is 11.6 Å². The van der Waals surface area contributed by atoms with E-state index in [0.717, 1.165) is 13.0 Å². The summed E-state index contributed by atoms with van der Waals surface area (Å²) in [6.45, 7) is 9.73. The first-order valence-corrected chi connectivity index (χ1v) is 10.8. The molecule has 1 aromatic rings. The Hall–Kier alpha value is -0.530. The zero-order valence-corrected chi connectivity index (χ0v) is 17.7. The molecular formula is C23H39ClO. The van der Waals surface area contributed by atoms with Crippen molar-refractivity contribution in [3.05, 3.63) is 35.4 Å². The van der Waals surface area contributed by atoms with E-state index in [-0.39, 0.29) is 5.60 Å². The topological polar surface area (TPSA) is 9.23 Å². The molecule has 0 spiro atoms. The molecule has 0 saturated heterocycles. The third kappa shape index (κ3) is 9.11. The Morgan fingerprint density at radius 1 is 0.880 bits per heavy atom. The largest absolute Gasteiger partial charge is 0.376 e. The molecule has 0 aliphatic heterocycles. The van der Waals surface area contributed by atoms with Crippen molar-refractivity contribution in [1.82, 2.24) is 0 Å². The fraction of sp³-hybridized carbons (Fsp3) is 0.739. The third-order valence-electron chi connectivity index (χ3n) is 5.36. The maximum Gasteiger partial charge on any atom is 0.0654 e. The fourth-order valence-corrected chi connectivity index (χ4v) is 3.81. The Kier molecular flexibility index (Phi) is 11.5. The van der Waals surface area contributed by atoms with Gasteiger partial charge in [-0.15, -0.1) is 11.6 Å². The molecule has 2 heteroatoms. The molecule has 1 aromatic carbocycles. The first kappa shape index (κ1) is 22.5. The van der Waals surface area contributed by atoms with Gasteiger partial charge in [0.2, 0.25) is 0 Å². The van der Waals surface area contributed by atoms with Crippen LogP contribution in [0.25, 0.3) is 0 Å². The molecule has 0 N–H and O–H groups in total.